The van der Waals surface area contributed by atoms with Crippen LogP contribution in [0.3, 0.4) is 0 Å². The maximum atomic E-state index is 14.7. The van der Waals surface area contributed by atoms with Crippen molar-refractivity contribution in [3.63, 3.8) is 0 Å². The molecule has 0 radical (unpaired) electrons. The van der Waals surface area contributed by atoms with Gasteiger partial charge in [-0.25, -0.2) is 12.8 Å². The van der Waals surface area contributed by atoms with Crippen molar-refractivity contribution >= 4 is 92.0 Å². The van der Waals surface area contributed by atoms with Crippen molar-refractivity contribution in [1.29, 1.82) is 0 Å². The van der Waals surface area contributed by atoms with Crippen LogP contribution in [0.25, 0.3) is 10.9 Å². The summed E-state index contributed by atoms with van der Waals surface area (Å²) in [6.45, 7) is 11.3. The number of carboxylic acids is 3. The van der Waals surface area contributed by atoms with Gasteiger partial charge in [-0.15, -0.1) is 0 Å². The molecule has 0 fully saturated rings. The van der Waals surface area contributed by atoms with Gasteiger partial charge in [0.25, 0.3) is 5.91 Å². The molecule has 6 atom stereocenters. The van der Waals surface area contributed by atoms with Gasteiger partial charge in [-0.05, 0) is 120 Å². The van der Waals surface area contributed by atoms with Gasteiger partial charge in [-0.3, -0.25) is 57.5 Å². The maximum absolute atomic E-state index is 14.7. The Labute approximate surface area is 573 Å². The number of carbonyl (C=O) groups excluding carboxylic acids is 9. The van der Waals surface area contributed by atoms with Crippen molar-refractivity contribution in [2.45, 2.75) is 183 Å². The Bertz CT molecular complexity index is 3800. The van der Waals surface area contributed by atoms with Crippen LogP contribution < -0.4 is 53.0 Å². The normalized spacial score (nSPS) is 13.4. The fourth-order valence-electron chi connectivity index (χ4n) is 10.4. The van der Waals surface area contributed by atoms with Crippen LogP contribution in [0.1, 0.15) is 151 Å². The lowest BCUT2D eigenvalue weighted by atomic mass is 9.87. The summed E-state index contributed by atoms with van der Waals surface area (Å²) in [5, 5.41) is 49.7. The van der Waals surface area contributed by atoms with E-state index in [1.165, 1.54) is 36.4 Å². The van der Waals surface area contributed by atoms with Gasteiger partial charge < -0.3 is 68.6 Å². The number of carboxylic acid groups (broad SMARTS) is 3. The summed E-state index contributed by atoms with van der Waals surface area (Å²) in [5.41, 5.74) is 8.82. The number of carbonyl (C=O) groups is 12. The highest BCUT2D eigenvalue weighted by Crippen LogP contribution is 2.25. The third-order valence-corrected chi connectivity index (χ3v) is 17.5. The number of fused-ring (bicyclic) bond motifs is 1. The van der Waals surface area contributed by atoms with E-state index in [1.807, 2.05) is 37.6 Å². The molecule has 0 bridgehead atoms. The number of aromatic nitrogens is 1. The molecule has 5 aromatic rings. The Morgan fingerprint density at radius 2 is 1.05 bits per heavy atom. The number of nitrogens with one attached hydrogen (secondary N) is 10. The lowest BCUT2D eigenvalue weighted by molar-refractivity contribution is -0.140. The first kappa shape index (κ1) is 79.6. The Balaban J connectivity index is 1.23. The van der Waals surface area contributed by atoms with Crippen molar-refractivity contribution in [2.24, 2.45) is 5.73 Å². The largest absolute Gasteiger partial charge is 0.481 e. The average Bonchev–Trinajstić information content (AvgIpc) is 1.79. The Morgan fingerprint density at radius 3 is 1.63 bits per heavy atom. The summed E-state index contributed by atoms with van der Waals surface area (Å²) in [7, 11) is -4.59. The molecule has 4 aromatic carbocycles. The molecular weight excluding hydrogens is 1310 g/mol. The van der Waals surface area contributed by atoms with Crippen LogP contribution in [0.5, 0.6) is 0 Å². The lowest BCUT2D eigenvalue weighted by Crippen LogP contribution is -2.58. The molecule has 0 spiro atoms. The number of hydrogen-bond donors (Lipinski definition) is 14. The third-order valence-electron chi connectivity index (χ3n) is 16.0. The molecule has 1 heterocycles. The van der Waals surface area contributed by atoms with Gasteiger partial charge in [-0.2, -0.15) is 4.72 Å². The van der Waals surface area contributed by atoms with Gasteiger partial charge >= 0.3 is 17.9 Å². The topological polar surface area (TPSA) is 450 Å². The summed E-state index contributed by atoms with van der Waals surface area (Å²) in [5.74, 6) is -12.9. The van der Waals surface area contributed by atoms with E-state index in [0.29, 0.717) is 60.7 Å². The number of nitrogens with two attached hydrogens (primary N) is 1. The summed E-state index contributed by atoms with van der Waals surface area (Å²) in [6, 6.07) is 15.2. The molecule has 536 valence electrons. The second kappa shape index (κ2) is 37.6. The van der Waals surface area contributed by atoms with Crippen LogP contribution in [-0.2, 0) is 86.4 Å². The zero-order valence-corrected chi connectivity index (χ0v) is 57.0. The summed E-state index contributed by atoms with van der Waals surface area (Å²) < 4.78 is 43.6. The van der Waals surface area contributed by atoms with Crippen LogP contribution in [0.2, 0.25) is 0 Å². The highest BCUT2D eigenvalue weighted by Gasteiger charge is 2.34. The minimum absolute atomic E-state index is 0.00889. The standard InChI is InChI=1S/C69H90FN11O17S/c1-68(2,3)44-23-21-42(22-24-44)62(91)72-34-13-11-19-50(61(71)90)76-56(82)20-8-7-12-33-73-63(92)51(29-31-58(84)85)78-66(95)54(37-43-39-74-49-18-10-9-17-48(43)49)80-65(94)53(36-41-15-14-16-46(70)35-41)77-57(83)40-75-64(93)52(30-32-59(86)87)79-67(96)55(38-60(88)89)81-99(97,98)47-27-25-45(26-28-47)69(4,5)6/h9-10,14-18,21-28,35,39,50-55,74,81H,7-8,11-13,19-20,29-34,36-38,40H2,1-6H3,(H2,71,90)(H,72,91)(H,73,92)(H,75,93)(H,76,82)(H,77,83)(H,78,95)(H,79,96)(H,80,94)(H,84,85)(H,86,87)(H,88,89)/t50-,51-,52-,53-,54-,55+/m0/s1. The minimum Gasteiger partial charge on any atom is -0.481 e. The molecule has 0 aliphatic rings. The van der Waals surface area contributed by atoms with Gasteiger partial charge in [0, 0.05) is 67.9 Å². The SMILES string of the molecule is CC(C)(C)c1ccc(C(=O)NCCCC[C@H](NC(=O)CCCCCNC(=O)[C@H](CCC(=O)O)NC(=O)[C@H](Cc2c[nH]c3ccccc23)NC(=O)[C@H](Cc2cccc(F)c2)NC(=O)CNC(=O)[C@H](CCC(=O)O)NC(=O)[C@@H](CC(=O)O)NS(=O)(=O)c2ccc(C(C)(C)C)cc2)C(N)=O)cc1. The number of aliphatic carboxylic acids is 3. The van der Waals surface area contributed by atoms with Crippen molar-refractivity contribution in [2.75, 3.05) is 19.6 Å². The average molecular weight is 1400 g/mol. The second-order valence-electron chi connectivity index (χ2n) is 26.0. The van der Waals surface area contributed by atoms with E-state index in [4.69, 9.17) is 5.73 Å². The molecule has 1 aromatic heterocycles. The van der Waals surface area contributed by atoms with E-state index in [1.54, 1.807) is 42.6 Å². The summed E-state index contributed by atoms with van der Waals surface area (Å²) in [4.78, 5) is 160. The number of H-pyrrole nitrogens is 1. The molecule has 0 saturated carbocycles. The van der Waals surface area contributed by atoms with E-state index in [9.17, 15) is 85.7 Å². The molecule has 30 heteroatoms. The number of amides is 9. The highest BCUT2D eigenvalue weighted by molar-refractivity contribution is 7.89. The fraction of sp³-hybridized carbons (Fsp3) is 0.449. The van der Waals surface area contributed by atoms with Crippen molar-refractivity contribution in [1.82, 2.24) is 52.2 Å². The molecule has 5 rings (SSSR count). The van der Waals surface area contributed by atoms with Crippen LogP contribution in [0.15, 0.2) is 108 Å². The van der Waals surface area contributed by atoms with Gasteiger partial charge in [0.15, 0.2) is 0 Å². The Kier molecular flexibility index (Phi) is 30.2. The van der Waals surface area contributed by atoms with Crippen molar-refractivity contribution < 1.29 is 85.7 Å². The monoisotopic (exact) mass is 1400 g/mol. The van der Waals surface area contributed by atoms with E-state index in [2.05, 4.69) is 68.3 Å². The molecule has 28 nitrogen and oxygen atoms in total. The maximum Gasteiger partial charge on any atom is 0.305 e. The molecule has 0 saturated heterocycles. The smallest absolute Gasteiger partial charge is 0.305 e. The summed E-state index contributed by atoms with van der Waals surface area (Å²) in [6.07, 6.45) is -0.375. The van der Waals surface area contributed by atoms with Gasteiger partial charge in [0.2, 0.25) is 57.3 Å². The Morgan fingerprint density at radius 1 is 0.515 bits per heavy atom. The minimum atomic E-state index is -4.59. The quantitative estimate of drug-likeness (QED) is 0.0249. The van der Waals surface area contributed by atoms with Gasteiger partial charge in [-0.1, -0.05) is 103 Å². The van der Waals surface area contributed by atoms with Crippen molar-refractivity contribution in [3.05, 3.63) is 137 Å². The van der Waals surface area contributed by atoms with E-state index in [0.717, 1.165) is 23.3 Å². The number of halogens is 1. The van der Waals surface area contributed by atoms with Crippen molar-refractivity contribution in [3.8, 4) is 0 Å². The lowest BCUT2D eigenvalue weighted by Gasteiger charge is -2.26. The Hall–Kier alpha value is -10.1. The fourth-order valence-corrected chi connectivity index (χ4v) is 11.6. The number of benzene rings is 4. The molecular formula is C69H90FN11O17S. The van der Waals surface area contributed by atoms with Crippen LogP contribution in [0.4, 0.5) is 4.39 Å². The number of primary amides is 1. The zero-order chi connectivity index (χ0) is 73.2. The summed E-state index contributed by atoms with van der Waals surface area (Å²) >= 11 is 0. The number of sulfonamides is 1. The second-order valence-corrected chi connectivity index (χ2v) is 27.7. The molecule has 0 aliphatic heterocycles. The predicted molar refractivity (Wildman–Crippen MR) is 362 cm³/mol. The molecule has 0 aliphatic carbocycles. The zero-order valence-electron chi connectivity index (χ0n) is 56.2. The van der Waals surface area contributed by atoms with Gasteiger partial charge in [0.05, 0.1) is 17.9 Å². The van der Waals surface area contributed by atoms with Crippen LogP contribution in [-0.4, -0.2) is 156 Å². The number of rotatable bonds is 40. The third kappa shape index (κ3) is 27.0. The molecule has 15 N–H and O–H groups in total. The molecule has 99 heavy (non-hydrogen) atoms. The number of hydrogen-bond acceptors (Lipinski definition) is 14. The van der Waals surface area contributed by atoms with E-state index >= 15 is 0 Å². The first-order valence-corrected chi connectivity index (χ1v) is 33.9. The van der Waals surface area contributed by atoms with Crippen LogP contribution >= 0.6 is 0 Å². The van der Waals surface area contributed by atoms with Crippen LogP contribution in [0, 0.1) is 5.82 Å². The van der Waals surface area contributed by atoms with Gasteiger partial charge in [0.1, 0.15) is 42.1 Å². The number of para-hydroxylation sites is 1. The predicted octanol–water partition coefficient (Wildman–Crippen LogP) is 3.54. The first-order chi connectivity index (χ1) is 46.6. The number of aromatic amines is 1. The van der Waals surface area contributed by atoms with E-state index in [-0.39, 0.29) is 53.0 Å². The molecule has 0 unspecified atom stereocenters. The first-order valence-electron chi connectivity index (χ1n) is 32.4. The molecule has 9 amide bonds. The van der Waals surface area contributed by atoms with E-state index < -0.39 is 162 Å². The highest BCUT2D eigenvalue weighted by atomic mass is 32.2. The number of unbranched alkanes of at least 4 members (excludes halogenated alkanes) is 3.